The lowest BCUT2D eigenvalue weighted by atomic mass is 10.00. The van der Waals surface area contributed by atoms with Gasteiger partial charge < -0.3 is 14.5 Å². The largest absolute Gasteiger partial charge is 0.463 e. The first-order valence-corrected chi connectivity index (χ1v) is 16.6. The first-order chi connectivity index (χ1) is 22.9. The van der Waals surface area contributed by atoms with Gasteiger partial charge >= 0.3 is 5.97 Å². The van der Waals surface area contributed by atoms with Crippen molar-refractivity contribution in [2.45, 2.75) is 6.92 Å². The molecule has 0 bridgehead atoms. The van der Waals surface area contributed by atoms with Crippen LogP contribution in [-0.4, -0.2) is 62.1 Å². The van der Waals surface area contributed by atoms with Crippen molar-refractivity contribution >= 4 is 66.0 Å². The number of methoxy groups -OCH3 is 1. The molecule has 7 aromatic rings. The van der Waals surface area contributed by atoms with Crippen molar-refractivity contribution in [1.29, 1.82) is 0 Å². The number of nitrogens with one attached hydrogen (secondary N) is 1. The Labute approximate surface area is 273 Å². The maximum absolute atomic E-state index is 15.0. The standard InChI is InChI=1S/C35H28FN5O6S/c1-18-9-11-19(12-10-18)32-30(34(42)37-2)22-15-21(27(17-29(22)47-32)40(3)48(5,44)45)24-13-14-25-31(38-24)28-16-20-23(36)7-6-8-26(20)41(28)33(39-25)35(43)46-4/h6-17H,1-5H3,(H,37,42). The summed E-state index contributed by atoms with van der Waals surface area (Å²) in [5, 5.41) is 3.37. The highest BCUT2D eigenvalue weighted by molar-refractivity contribution is 7.92. The van der Waals surface area contributed by atoms with E-state index in [-0.39, 0.29) is 22.5 Å². The zero-order valence-electron chi connectivity index (χ0n) is 26.5. The van der Waals surface area contributed by atoms with Crippen LogP contribution >= 0.6 is 0 Å². The lowest BCUT2D eigenvalue weighted by Crippen LogP contribution is -2.25. The summed E-state index contributed by atoms with van der Waals surface area (Å²) in [5.74, 6) is -1.35. The summed E-state index contributed by atoms with van der Waals surface area (Å²) in [6, 6.07) is 20.1. The molecule has 242 valence electrons. The Morgan fingerprint density at radius 2 is 1.73 bits per heavy atom. The quantitative estimate of drug-likeness (QED) is 0.210. The van der Waals surface area contributed by atoms with E-state index in [2.05, 4.69) is 10.3 Å². The average molecular weight is 666 g/mol. The number of rotatable bonds is 6. The fourth-order valence-electron chi connectivity index (χ4n) is 5.90. The van der Waals surface area contributed by atoms with Crippen molar-refractivity contribution in [2.75, 3.05) is 31.8 Å². The second kappa shape index (κ2) is 11.2. The first kappa shape index (κ1) is 30.8. The van der Waals surface area contributed by atoms with Crippen molar-refractivity contribution in [3.63, 3.8) is 0 Å². The number of aromatic nitrogens is 3. The predicted octanol–water partition coefficient (Wildman–Crippen LogP) is 6.11. The van der Waals surface area contributed by atoms with E-state index < -0.39 is 27.7 Å². The number of nitrogens with zero attached hydrogens (tertiary/aromatic N) is 4. The molecule has 4 aromatic heterocycles. The Kier molecular flexibility index (Phi) is 7.16. The Hall–Kier alpha value is -5.82. The number of carbonyl (C=O) groups excluding carboxylic acids is 2. The predicted molar refractivity (Wildman–Crippen MR) is 181 cm³/mol. The molecular formula is C35H28FN5O6S. The Bertz CT molecular complexity index is 2590. The van der Waals surface area contributed by atoms with E-state index in [9.17, 15) is 22.4 Å². The Morgan fingerprint density at radius 1 is 0.979 bits per heavy atom. The van der Waals surface area contributed by atoms with Crippen molar-refractivity contribution in [1.82, 2.24) is 19.7 Å². The second-order valence-corrected chi connectivity index (χ2v) is 13.4. The molecule has 0 atom stereocenters. The summed E-state index contributed by atoms with van der Waals surface area (Å²) in [6.45, 7) is 1.95. The topological polar surface area (TPSA) is 136 Å². The summed E-state index contributed by atoms with van der Waals surface area (Å²) in [5.41, 5.74) is 4.62. The SMILES string of the molecule is CNC(=O)c1c(-c2ccc(C)cc2)oc2cc(N(C)S(C)(=O)=O)c(-c3ccc4nc(C(=O)OC)n5c6cccc(F)c6cc5c4n3)cc12. The van der Waals surface area contributed by atoms with Gasteiger partial charge in [-0.3, -0.25) is 13.5 Å². The smallest absolute Gasteiger partial charge is 0.374 e. The molecule has 48 heavy (non-hydrogen) atoms. The summed E-state index contributed by atoms with van der Waals surface area (Å²) in [7, 11) is 0.383. The van der Waals surface area contributed by atoms with Gasteiger partial charge in [-0.2, -0.15) is 0 Å². The van der Waals surface area contributed by atoms with Crippen molar-refractivity contribution in [3.05, 3.63) is 95.6 Å². The Balaban J connectivity index is 1.56. The molecule has 0 saturated carbocycles. The highest BCUT2D eigenvalue weighted by Gasteiger charge is 2.27. The molecule has 1 N–H and O–H groups in total. The number of hydrogen-bond donors (Lipinski definition) is 1. The average Bonchev–Trinajstić information content (AvgIpc) is 3.66. The molecule has 0 spiro atoms. The lowest BCUT2D eigenvalue weighted by molar-refractivity contribution is 0.0585. The first-order valence-electron chi connectivity index (χ1n) is 14.7. The number of benzene rings is 3. The summed E-state index contributed by atoms with van der Waals surface area (Å²) >= 11 is 0. The van der Waals surface area contributed by atoms with Gasteiger partial charge in [-0.05, 0) is 43.3 Å². The van der Waals surface area contributed by atoms with Crippen LogP contribution in [-0.2, 0) is 14.8 Å². The fraction of sp³-hybridized carbons (Fsp3) is 0.143. The zero-order valence-corrected chi connectivity index (χ0v) is 27.3. The minimum absolute atomic E-state index is 0.0636. The number of ether oxygens (including phenoxy) is 1. The number of fused-ring (bicyclic) bond motifs is 6. The van der Waals surface area contributed by atoms with Crippen molar-refractivity contribution in [3.8, 4) is 22.6 Å². The normalized spacial score (nSPS) is 11.9. The number of anilines is 1. The maximum atomic E-state index is 15.0. The molecule has 4 heterocycles. The number of aryl methyl sites for hydroxylation is 1. The van der Waals surface area contributed by atoms with E-state index in [0.29, 0.717) is 55.6 Å². The monoisotopic (exact) mass is 665 g/mol. The van der Waals surface area contributed by atoms with Crippen LogP contribution in [0.4, 0.5) is 10.1 Å². The number of hydrogen-bond acceptors (Lipinski definition) is 8. The van der Waals surface area contributed by atoms with Gasteiger partial charge in [0, 0.05) is 42.1 Å². The van der Waals surface area contributed by atoms with Crippen LogP contribution in [0.2, 0.25) is 0 Å². The van der Waals surface area contributed by atoms with Gasteiger partial charge in [-0.25, -0.2) is 27.6 Å². The van der Waals surface area contributed by atoms with E-state index in [1.165, 1.54) is 37.7 Å². The number of amides is 1. The van der Waals surface area contributed by atoms with Crippen LogP contribution in [0.3, 0.4) is 0 Å². The minimum Gasteiger partial charge on any atom is -0.463 e. The molecular weight excluding hydrogens is 637 g/mol. The van der Waals surface area contributed by atoms with E-state index in [4.69, 9.17) is 14.1 Å². The molecule has 0 saturated heterocycles. The number of esters is 1. The van der Waals surface area contributed by atoms with Gasteiger partial charge in [0.2, 0.25) is 15.8 Å². The van der Waals surface area contributed by atoms with E-state index in [0.717, 1.165) is 16.1 Å². The van der Waals surface area contributed by atoms with Gasteiger partial charge in [0.15, 0.2) is 0 Å². The van der Waals surface area contributed by atoms with Gasteiger partial charge in [0.25, 0.3) is 5.91 Å². The maximum Gasteiger partial charge on any atom is 0.374 e. The van der Waals surface area contributed by atoms with Crippen LogP contribution in [0.15, 0.2) is 77.2 Å². The van der Waals surface area contributed by atoms with Crippen LogP contribution in [0.5, 0.6) is 0 Å². The molecule has 3 aromatic carbocycles. The molecule has 0 fully saturated rings. The molecule has 1 amide bonds. The number of pyridine rings is 1. The van der Waals surface area contributed by atoms with Crippen LogP contribution < -0.4 is 9.62 Å². The molecule has 7 rings (SSSR count). The van der Waals surface area contributed by atoms with Gasteiger partial charge in [0.1, 0.15) is 22.7 Å². The summed E-state index contributed by atoms with van der Waals surface area (Å²) in [4.78, 5) is 35.6. The van der Waals surface area contributed by atoms with Gasteiger partial charge in [-0.15, -0.1) is 0 Å². The highest BCUT2D eigenvalue weighted by atomic mass is 32.2. The third-order valence-corrected chi connectivity index (χ3v) is 9.59. The molecule has 11 nitrogen and oxygen atoms in total. The minimum atomic E-state index is -3.78. The fourth-order valence-corrected chi connectivity index (χ4v) is 6.41. The molecule has 0 aliphatic heterocycles. The Morgan fingerprint density at radius 3 is 2.42 bits per heavy atom. The van der Waals surface area contributed by atoms with E-state index in [1.54, 1.807) is 36.4 Å². The molecule has 0 unspecified atom stereocenters. The second-order valence-electron chi connectivity index (χ2n) is 11.4. The number of sulfonamides is 1. The van der Waals surface area contributed by atoms with Gasteiger partial charge in [0.05, 0.1) is 46.9 Å². The number of carbonyl (C=O) groups is 2. The molecule has 13 heteroatoms. The third-order valence-electron chi connectivity index (χ3n) is 8.40. The van der Waals surface area contributed by atoms with Crippen LogP contribution in [0.1, 0.15) is 26.5 Å². The summed E-state index contributed by atoms with van der Waals surface area (Å²) < 4.78 is 54.6. The van der Waals surface area contributed by atoms with E-state index in [1.807, 2.05) is 31.2 Å². The molecule has 0 aliphatic rings. The summed E-state index contributed by atoms with van der Waals surface area (Å²) in [6.07, 6.45) is 1.08. The third kappa shape index (κ3) is 4.82. The molecule has 0 radical (unpaired) electrons. The van der Waals surface area contributed by atoms with Gasteiger partial charge in [-0.1, -0.05) is 35.9 Å². The van der Waals surface area contributed by atoms with Crippen molar-refractivity contribution < 1.29 is 31.6 Å². The van der Waals surface area contributed by atoms with Crippen molar-refractivity contribution in [2.24, 2.45) is 0 Å². The number of halogens is 1. The van der Waals surface area contributed by atoms with Crippen LogP contribution in [0.25, 0.3) is 61.0 Å². The zero-order chi connectivity index (χ0) is 34.1. The van der Waals surface area contributed by atoms with Crippen LogP contribution in [0, 0.1) is 12.7 Å². The van der Waals surface area contributed by atoms with E-state index >= 15 is 0 Å². The number of furan rings is 1. The molecule has 0 aliphatic carbocycles. The lowest BCUT2D eigenvalue weighted by Gasteiger charge is -2.20. The highest BCUT2D eigenvalue weighted by Crippen LogP contribution is 2.41.